The van der Waals surface area contributed by atoms with Crippen molar-refractivity contribution in [3.8, 4) is 0 Å². The summed E-state index contributed by atoms with van der Waals surface area (Å²) in [5.74, 6) is 2.01. The fraction of sp³-hybridized carbons (Fsp3) is 0.800. The molecule has 2 rings (SSSR count). The second-order valence-electron chi connectivity index (χ2n) is 5.70. The number of hydrogen-bond acceptors (Lipinski definition) is 2. The lowest BCUT2D eigenvalue weighted by Crippen LogP contribution is -2.39. The number of rotatable bonds is 5. The number of nitrogens with one attached hydrogen (secondary N) is 1. The van der Waals surface area contributed by atoms with Crippen molar-refractivity contribution in [2.45, 2.75) is 64.5 Å². The Morgan fingerprint density at radius 2 is 2.11 bits per heavy atom. The molecule has 0 radical (unpaired) electrons. The number of aryl methyl sites for hydroxylation is 1. The second kappa shape index (κ2) is 6.37. The summed E-state index contributed by atoms with van der Waals surface area (Å²) in [6.45, 7) is 4.53. The standard InChI is InChI=1S/C15H27N3/c1-4-14(13-8-6-5-7-9-13)17-12(2)15-16-10-11-18(15)3/h10-14,17H,4-9H2,1-3H3. The molecule has 1 N–H and O–H groups in total. The molecule has 1 aromatic rings. The number of imidazole rings is 1. The molecule has 1 fully saturated rings. The first-order valence-electron chi connectivity index (χ1n) is 7.45. The highest BCUT2D eigenvalue weighted by Gasteiger charge is 2.24. The molecule has 3 nitrogen and oxygen atoms in total. The van der Waals surface area contributed by atoms with Gasteiger partial charge >= 0.3 is 0 Å². The molecule has 0 spiro atoms. The van der Waals surface area contributed by atoms with Crippen LogP contribution < -0.4 is 5.32 Å². The third kappa shape index (κ3) is 3.14. The van der Waals surface area contributed by atoms with E-state index in [9.17, 15) is 0 Å². The Bertz CT molecular complexity index is 352. The Labute approximate surface area is 111 Å². The van der Waals surface area contributed by atoms with E-state index in [-0.39, 0.29) is 0 Å². The molecule has 1 aromatic heterocycles. The molecular formula is C15H27N3. The summed E-state index contributed by atoms with van der Waals surface area (Å²) in [4.78, 5) is 4.45. The van der Waals surface area contributed by atoms with Crippen LogP contribution in [0.2, 0.25) is 0 Å². The lowest BCUT2D eigenvalue weighted by atomic mass is 9.82. The van der Waals surface area contributed by atoms with Crippen molar-refractivity contribution in [3.63, 3.8) is 0 Å². The van der Waals surface area contributed by atoms with Crippen molar-refractivity contribution in [3.05, 3.63) is 18.2 Å². The molecule has 18 heavy (non-hydrogen) atoms. The molecule has 1 aliphatic carbocycles. The number of aromatic nitrogens is 2. The van der Waals surface area contributed by atoms with E-state index in [1.165, 1.54) is 38.5 Å². The van der Waals surface area contributed by atoms with Gasteiger partial charge in [0.2, 0.25) is 0 Å². The summed E-state index contributed by atoms with van der Waals surface area (Å²) in [5.41, 5.74) is 0. The smallest absolute Gasteiger partial charge is 0.125 e. The van der Waals surface area contributed by atoms with E-state index in [1.807, 2.05) is 12.4 Å². The van der Waals surface area contributed by atoms with Crippen LogP contribution in [0, 0.1) is 5.92 Å². The number of hydrogen-bond donors (Lipinski definition) is 1. The lowest BCUT2D eigenvalue weighted by Gasteiger charge is -2.32. The van der Waals surface area contributed by atoms with Gasteiger partial charge in [-0.1, -0.05) is 26.2 Å². The van der Waals surface area contributed by atoms with Gasteiger partial charge in [0.1, 0.15) is 5.82 Å². The molecule has 0 aliphatic heterocycles. The molecule has 0 amide bonds. The first-order chi connectivity index (χ1) is 8.72. The normalized spacial score (nSPS) is 20.8. The van der Waals surface area contributed by atoms with Crippen molar-refractivity contribution < 1.29 is 0 Å². The molecule has 3 heteroatoms. The Morgan fingerprint density at radius 1 is 1.39 bits per heavy atom. The minimum absolute atomic E-state index is 0.344. The maximum Gasteiger partial charge on any atom is 0.125 e. The second-order valence-corrected chi connectivity index (χ2v) is 5.70. The molecule has 0 aromatic carbocycles. The summed E-state index contributed by atoms with van der Waals surface area (Å²) in [6, 6.07) is 0.994. The third-order valence-corrected chi connectivity index (χ3v) is 4.37. The largest absolute Gasteiger partial charge is 0.337 e. The van der Waals surface area contributed by atoms with Gasteiger partial charge in [0, 0.05) is 25.5 Å². The van der Waals surface area contributed by atoms with Crippen LogP contribution in [0.15, 0.2) is 12.4 Å². The van der Waals surface area contributed by atoms with Gasteiger partial charge in [-0.25, -0.2) is 4.98 Å². The summed E-state index contributed by atoms with van der Waals surface area (Å²) < 4.78 is 2.12. The average molecular weight is 249 g/mol. The topological polar surface area (TPSA) is 29.9 Å². The highest BCUT2D eigenvalue weighted by atomic mass is 15.1. The van der Waals surface area contributed by atoms with Crippen molar-refractivity contribution >= 4 is 0 Å². The van der Waals surface area contributed by atoms with Crippen LogP contribution in [-0.2, 0) is 7.05 Å². The molecular weight excluding hydrogens is 222 g/mol. The average Bonchev–Trinajstić information content (AvgIpc) is 2.83. The highest BCUT2D eigenvalue weighted by molar-refractivity contribution is 4.98. The Kier molecular flexibility index (Phi) is 4.81. The van der Waals surface area contributed by atoms with Gasteiger partial charge in [-0.2, -0.15) is 0 Å². The van der Waals surface area contributed by atoms with Crippen molar-refractivity contribution in [2.24, 2.45) is 13.0 Å². The maximum atomic E-state index is 4.45. The predicted molar refractivity (Wildman–Crippen MR) is 75.4 cm³/mol. The van der Waals surface area contributed by atoms with Gasteiger partial charge in [-0.15, -0.1) is 0 Å². The van der Waals surface area contributed by atoms with E-state index in [4.69, 9.17) is 0 Å². The Balaban J connectivity index is 1.95. The first kappa shape index (κ1) is 13.6. The van der Waals surface area contributed by atoms with Crippen LogP contribution >= 0.6 is 0 Å². The fourth-order valence-corrected chi connectivity index (χ4v) is 3.31. The van der Waals surface area contributed by atoms with Crippen LogP contribution in [-0.4, -0.2) is 15.6 Å². The zero-order valence-corrected chi connectivity index (χ0v) is 12.0. The van der Waals surface area contributed by atoms with Crippen LogP contribution in [0.25, 0.3) is 0 Å². The summed E-state index contributed by atoms with van der Waals surface area (Å²) in [5, 5.41) is 3.80. The Hall–Kier alpha value is -0.830. The van der Waals surface area contributed by atoms with Crippen LogP contribution in [0.3, 0.4) is 0 Å². The SMILES string of the molecule is CCC(NC(C)c1nccn1C)C1CCCCC1. The predicted octanol–water partition coefficient (Wildman–Crippen LogP) is 3.43. The molecule has 0 bridgehead atoms. The van der Waals surface area contributed by atoms with E-state index in [0.29, 0.717) is 12.1 Å². The first-order valence-corrected chi connectivity index (χ1v) is 7.45. The van der Waals surface area contributed by atoms with Crippen molar-refractivity contribution in [1.29, 1.82) is 0 Å². The summed E-state index contributed by atoms with van der Waals surface area (Å²) in [7, 11) is 2.07. The molecule has 0 saturated heterocycles. The molecule has 102 valence electrons. The van der Waals surface area contributed by atoms with E-state index in [1.54, 1.807) is 0 Å². The monoisotopic (exact) mass is 249 g/mol. The molecule has 2 atom stereocenters. The minimum Gasteiger partial charge on any atom is -0.337 e. The van der Waals surface area contributed by atoms with Gasteiger partial charge in [0.15, 0.2) is 0 Å². The summed E-state index contributed by atoms with van der Waals surface area (Å²) >= 11 is 0. The van der Waals surface area contributed by atoms with Crippen molar-refractivity contribution in [2.75, 3.05) is 0 Å². The van der Waals surface area contributed by atoms with E-state index in [2.05, 4.69) is 35.8 Å². The van der Waals surface area contributed by atoms with Gasteiger partial charge in [0.05, 0.1) is 6.04 Å². The highest BCUT2D eigenvalue weighted by Crippen LogP contribution is 2.28. The van der Waals surface area contributed by atoms with Crippen molar-refractivity contribution in [1.82, 2.24) is 14.9 Å². The summed E-state index contributed by atoms with van der Waals surface area (Å²) in [6.07, 6.45) is 12.2. The zero-order chi connectivity index (χ0) is 13.0. The van der Waals surface area contributed by atoms with E-state index in [0.717, 1.165) is 11.7 Å². The molecule has 2 unspecified atom stereocenters. The van der Waals surface area contributed by atoms with Gasteiger partial charge in [-0.05, 0) is 32.1 Å². The zero-order valence-electron chi connectivity index (χ0n) is 12.0. The fourth-order valence-electron chi connectivity index (χ4n) is 3.31. The quantitative estimate of drug-likeness (QED) is 0.866. The Morgan fingerprint density at radius 3 is 2.67 bits per heavy atom. The van der Waals surface area contributed by atoms with Gasteiger partial charge in [0.25, 0.3) is 0 Å². The van der Waals surface area contributed by atoms with Gasteiger partial charge < -0.3 is 9.88 Å². The van der Waals surface area contributed by atoms with Crippen LogP contribution in [0.1, 0.15) is 64.2 Å². The van der Waals surface area contributed by atoms with E-state index >= 15 is 0 Å². The van der Waals surface area contributed by atoms with Crippen LogP contribution in [0.5, 0.6) is 0 Å². The third-order valence-electron chi connectivity index (χ3n) is 4.37. The molecule has 1 heterocycles. The maximum absolute atomic E-state index is 4.45. The lowest BCUT2D eigenvalue weighted by molar-refractivity contribution is 0.246. The van der Waals surface area contributed by atoms with E-state index < -0.39 is 0 Å². The van der Waals surface area contributed by atoms with Crippen LogP contribution in [0.4, 0.5) is 0 Å². The molecule has 1 saturated carbocycles. The molecule has 1 aliphatic rings. The minimum atomic E-state index is 0.344. The van der Waals surface area contributed by atoms with Gasteiger partial charge in [-0.3, -0.25) is 0 Å². The number of nitrogens with zero attached hydrogens (tertiary/aromatic N) is 2.